The van der Waals surface area contributed by atoms with Crippen LogP contribution in [0.4, 0.5) is 0 Å². The molecule has 3 rings (SSSR count). The molecule has 1 amide bonds. The Kier molecular flexibility index (Phi) is 9.08. The second kappa shape index (κ2) is 12.2. The van der Waals surface area contributed by atoms with Gasteiger partial charge in [0.15, 0.2) is 0 Å². The Morgan fingerprint density at radius 2 is 1.97 bits per heavy atom. The Balaban J connectivity index is 1.66. The minimum absolute atomic E-state index is 0.0730. The van der Waals surface area contributed by atoms with Gasteiger partial charge in [0, 0.05) is 31.2 Å². The number of rotatable bonds is 8. The van der Waals surface area contributed by atoms with Gasteiger partial charge >= 0.3 is 5.97 Å². The lowest BCUT2D eigenvalue weighted by atomic mass is 9.85. The van der Waals surface area contributed by atoms with Crippen LogP contribution in [0.1, 0.15) is 42.1 Å². The van der Waals surface area contributed by atoms with Crippen molar-refractivity contribution in [2.24, 2.45) is 28.5 Å². The minimum atomic E-state index is -0.514. The molecule has 35 heavy (non-hydrogen) atoms. The predicted molar refractivity (Wildman–Crippen MR) is 135 cm³/mol. The fourth-order valence-electron chi connectivity index (χ4n) is 4.63. The lowest BCUT2D eigenvalue weighted by Crippen LogP contribution is -2.47. The van der Waals surface area contributed by atoms with Crippen LogP contribution in [0.15, 0.2) is 53.7 Å². The molecule has 9 heteroatoms. The third-order valence-corrected chi connectivity index (χ3v) is 6.64. The van der Waals surface area contributed by atoms with Crippen LogP contribution in [0, 0.1) is 11.8 Å². The smallest absolute Gasteiger partial charge is 0.310 e. The van der Waals surface area contributed by atoms with E-state index in [2.05, 4.69) is 10.5 Å². The SMILES string of the molecule is COC(=O)C(CC1CCCN(C(N)=NO)C1)[C@@H](C)NC(=O)c1ccc(-c2cccc(CN)c2)cc1. The Labute approximate surface area is 206 Å². The minimum Gasteiger partial charge on any atom is -0.469 e. The molecule has 0 aliphatic carbocycles. The molecule has 9 nitrogen and oxygen atoms in total. The van der Waals surface area contributed by atoms with E-state index in [1.807, 2.05) is 43.3 Å². The standard InChI is InChI=1S/C26H35N5O4/c1-17(23(25(33)35-2)14-19-6-4-12-31(16-19)26(28)30-34)29-24(32)21-10-8-20(9-11-21)22-7-3-5-18(13-22)15-27/h3,5,7-11,13,17,19,23,34H,4,6,12,14-16,27H2,1-2H3,(H2,28,30)(H,29,32)/t17-,19?,23?/m1/s1. The van der Waals surface area contributed by atoms with Crippen LogP contribution in [0.2, 0.25) is 0 Å². The molecule has 1 saturated heterocycles. The molecule has 6 N–H and O–H groups in total. The van der Waals surface area contributed by atoms with Crippen LogP contribution in [-0.4, -0.2) is 54.2 Å². The van der Waals surface area contributed by atoms with Gasteiger partial charge in [-0.25, -0.2) is 0 Å². The highest BCUT2D eigenvalue weighted by Crippen LogP contribution is 2.26. The lowest BCUT2D eigenvalue weighted by Gasteiger charge is -2.35. The number of nitrogens with two attached hydrogens (primary N) is 2. The summed E-state index contributed by atoms with van der Waals surface area (Å²) in [5, 5.41) is 15.0. The molecule has 0 saturated carbocycles. The Morgan fingerprint density at radius 1 is 1.23 bits per heavy atom. The number of ether oxygens (including phenoxy) is 1. The zero-order valence-corrected chi connectivity index (χ0v) is 20.3. The molecule has 0 spiro atoms. The van der Waals surface area contributed by atoms with Crippen molar-refractivity contribution in [3.8, 4) is 11.1 Å². The van der Waals surface area contributed by atoms with Gasteiger partial charge < -0.3 is 31.6 Å². The van der Waals surface area contributed by atoms with Crippen molar-refractivity contribution in [3.63, 3.8) is 0 Å². The highest BCUT2D eigenvalue weighted by molar-refractivity contribution is 5.95. The number of amides is 1. The number of nitrogens with one attached hydrogen (secondary N) is 1. The van der Waals surface area contributed by atoms with E-state index in [4.69, 9.17) is 21.4 Å². The molecule has 0 aromatic heterocycles. The molecule has 1 aliphatic rings. The first kappa shape index (κ1) is 26.0. The van der Waals surface area contributed by atoms with Gasteiger partial charge in [-0.2, -0.15) is 0 Å². The largest absolute Gasteiger partial charge is 0.469 e. The van der Waals surface area contributed by atoms with Gasteiger partial charge in [0.1, 0.15) is 0 Å². The van der Waals surface area contributed by atoms with Gasteiger partial charge in [-0.1, -0.05) is 35.5 Å². The average Bonchev–Trinajstić information content (AvgIpc) is 2.90. The van der Waals surface area contributed by atoms with E-state index >= 15 is 0 Å². The summed E-state index contributed by atoms with van der Waals surface area (Å²) < 4.78 is 5.04. The normalized spacial score (nSPS) is 18.0. The number of oxime groups is 1. The number of piperidine rings is 1. The number of hydrogen-bond acceptors (Lipinski definition) is 6. The highest BCUT2D eigenvalue weighted by Gasteiger charge is 2.32. The number of hydrogen-bond donors (Lipinski definition) is 4. The maximum Gasteiger partial charge on any atom is 0.310 e. The van der Waals surface area contributed by atoms with Crippen molar-refractivity contribution in [1.29, 1.82) is 0 Å². The van der Waals surface area contributed by atoms with Crippen molar-refractivity contribution in [2.75, 3.05) is 20.2 Å². The molecule has 1 aliphatic heterocycles. The number of esters is 1. The quantitative estimate of drug-likeness (QED) is 0.149. The van der Waals surface area contributed by atoms with Gasteiger partial charge in [0.05, 0.1) is 13.0 Å². The van der Waals surface area contributed by atoms with Crippen LogP contribution in [0.3, 0.4) is 0 Å². The number of methoxy groups -OCH3 is 1. The average molecular weight is 482 g/mol. The van der Waals surface area contributed by atoms with Gasteiger partial charge in [-0.15, -0.1) is 0 Å². The molecule has 2 aromatic carbocycles. The van der Waals surface area contributed by atoms with Crippen molar-refractivity contribution in [2.45, 2.75) is 38.8 Å². The zero-order chi connectivity index (χ0) is 25.4. The molecule has 0 radical (unpaired) electrons. The van der Waals surface area contributed by atoms with E-state index in [1.54, 1.807) is 17.0 Å². The maximum absolute atomic E-state index is 12.9. The summed E-state index contributed by atoms with van der Waals surface area (Å²) in [5.74, 6) is -0.913. The van der Waals surface area contributed by atoms with Crippen LogP contribution in [-0.2, 0) is 16.1 Å². The summed E-state index contributed by atoms with van der Waals surface area (Å²) in [4.78, 5) is 27.3. The topological polar surface area (TPSA) is 143 Å². The number of benzene rings is 2. The summed E-state index contributed by atoms with van der Waals surface area (Å²) in [6, 6.07) is 14.9. The summed E-state index contributed by atoms with van der Waals surface area (Å²) in [6.45, 7) is 3.57. The maximum atomic E-state index is 12.9. The second-order valence-electron chi connectivity index (χ2n) is 9.02. The van der Waals surface area contributed by atoms with Crippen molar-refractivity contribution >= 4 is 17.8 Å². The van der Waals surface area contributed by atoms with Gasteiger partial charge in [0.2, 0.25) is 5.96 Å². The summed E-state index contributed by atoms with van der Waals surface area (Å²) in [6.07, 6.45) is 2.31. The number of carbonyl (C=O) groups excluding carboxylic acids is 2. The number of likely N-dealkylation sites (tertiary alicyclic amines) is 1. The third kappa shape index (κ3) is 6.73. The molecule has 1 heterocycles. The van der Waals surface area contributed by atoms with E-state index in [0.29, 0.717) is 31.6 Å². The summed E-state index contributed by atoms with van der Waals surface area (Å²) in [7, 11) is 1.35. The molecular formula is C26H35N5O4. The molecule has 2 aromatic rings. The first-order chi connectivity index (χ1) is 16.9. The zero-order valence-electron chi connectivity index (χ0n) is 20.3. The Bertz CT molecular complexity index is 1040. The molecule has 3 atom stereocenters. The molecule has 188 valence electrons. The molecular weight excluding hydrogens is 446 g/mol. The van der Waals surface area contributed by atoms with E-state index < -0.39 is 12.0 Å². The van der Waals surface area contributed by atoms with E-state index in [9.17, 15) is 9.59 Å². The van der Waals surface area contributed by atoms with Gasteiger partial charge in [0.25, 0.3) is 5.91 Å². The number of carbonyl (C=O) groups is 2. The van der Waals surface area contributed by atoms with Crippen molar-refractivity contribution in [1.82, 2.24) is 10.2 Å². The first-order valence-electron chi connectivity index (χ1n) is 11.9. The third-order valence-electron chi connectivity index (χ3n) is 6.64. The highest BCUT2D eigenvalue weighted by atomic mass is 16.5. The monoisotopic (exact) mass is 481 g/mol. The number of guanidine groups is 1. The van der Waals surface area contributed by atoms with Crippen LogP contribution in [0.25, 0.3) is 11.1 Å². The molecule has 1 fully saturated rings. The summed E-state index contributed by atoms with van der Waals surface area (Å²) >= 11 is 0. The van der Waals surface area contributed by atoms with Crippen molar-refractivity contribution < 1.29 is 19.5 Å². The lowest BCUT2D eigenvalue weighted by molar-refractivity contribution is -0.147. The second-order valence-corrected chi connectivity index (χ2v) is 9.02. The molecule has 0 bridgehead atoms. The first-order valence-corrected chi connectivity index (χ1v) is 11.9. The van der Waals surface area contributed by atoms with Crippen LogP contribution < -0.4 is 16.8 Å². The van der Waals surface area contributed by atoms with E-state index in [-0.39, 0.29) is 23.8 Å². The molecule has 2 unspecified atom stereocenters. The predicted octanol–water partition coefficient (Wildman–Crippen LogP) is 2.53. The van der Waals surface area contributed by atoms with Gasteiger partial charge in [-0.3, -0.25) is 9.59 Å². The fourth-order valence-corrected chi connectivity index (χ4v) is 4.63. The Morgan fingerprint density at radius 3 is 2.63 bits per heavy atom. The van der Waals surface area contributed by atoms with Crippen LogP contribution in [0.5, 0.6) is 0 Å². The summed E-state index contributed by atoms with van der Waals surface area (Å²) in [5.41, 5.74) is 15.1. The fraction of sp³-hybridized carbons (Fsp3) is 0.423. The van der Waals surface area contributed by atoms with Crippen LogP contribution >= 0.6 is 0 Å². The Hall–Kier alpha value is -3.59. The number of nitrogens with zero attached hydrogens (tertiary/aromatic N) is 2. The van der Waals surface area contributed by atoms with Gasteiger partial charge in [-0.05, 0) is 67.0 Å². The van der Waals surface area contributed by atoms with E-state index in [0.717, 1.165) is 29.5 Å². The van der Waals surface area contributed by atoms with Crippen molar-refractivity contribution in [3.05, 3.63) is 59.7 Å². The van der Waals surface area contributed by atoms with E-state index in [1.165, 1.54) is 7.11 Å².